The van der Waals surface area contributed by atoms with Crippen molar-refractivity contribution in [1.29, 1.82) is 0 Å². The number of hydrogen-bond acceptors (Lipinski definition) is 2. The largest absolute Gasteiger partial charge is 0.481 e. The summed E-state index contributed by atoms with van der Waals surface area (Å²) in [5.41, 5.74) is 2.89. The van der Waals surface area contributed by atoms with Gasteiger partial charge in [-0.25, -0.2) is 0 Å². The highest BCUT2D eigenvalue weighted by molar-refractivity contribution is 5.70. The van der Waals surface area contributed by atoms with Gasteiger partial charge < -0.3 is 5.11 Å². The predicted molar refractivity (Wildman–Crippen MR) is 69.6 cm³/mol. The van der Waals surface area contributed by atoms with Crippen LogP contribution in [-0.2, 0) is 17.6 Å². The quantitative estimate of drug-likeness (QED) is 0.865. The van der Waals surface area contributed by atoms with E-state index in [0.29, 0.717) is 6.04 Å². The molecule has 96 valence electrons. The second-order valence-electron chi connectivity index (χ2n) is 5.50. The number of fused-ring (bicyclic) bond motifs is 1. The maximum Gasteiger partial charge on any atom is 0.307 e. The molecule has 3 heteroatoms. The molecule has 1 aliphatic carbocycles. The summed E-state index contributed by atoms with van der Waals surface area (Å²) in [5, 5.41) is 9.15. The van der Waals surface area contributed by atoms with Gasteiger partial charge in [-0.15, -0.1) is 0 Å². The lowest BCUT2D eigenvalue weighted by molar-refractivity contribution is -0.143. The zero-order valence-corrected chi connectivity index (χ0v) is 10.5. The van der Waals surface area contributed by atoms with Crippen molar-refractivity contribution < 1.29 is 9.90 Å². The van der Waals surface area contributed by atoms with Gasteiger partial charge in [-0.3, -0.25) is 9.69 Å². The van der Waals surface area contributed by atoms with E-state index in [4.69, 9.17) is 5.11 Å². The number of carboxylic acid groups (broad SMARTS) is 1. The summed E-state index contributed by atoms with van der Waals surface area (Å²) >= 11 is 0. The van der Waals surface area contributed by atoms with Crippen molar-refractivity contribution in [3.63, 3.8) is 0 Å². The van der Waals surface area contributed by atoms with E-state index in [2.05, 4.69) is 29.2 Å². The molecule has 1 aromatic carbocycles. The first-order valence-corrected chi connectivity index (χ1v) is 6.77. The molecular weight excluding hydrogens is 226 g/mol. The highest BCUT2D eigenvalue weighted by atomic mass is 16.4. The van der Waals surface area contributed by atoms with Crippen LogP contribution in [0.1, 0.15) is 24.0 Å². The zero-order valence-electron chi connectivity index (χ0n) is 10.5. The lowest BCUT2D eigenvalue weighted by atomic mass is 9.96. The molecule has 1 fully saturated rings. The maximum absolute atomic E-state index is 11.1. The highest BCUT2D eigenvalue weighted by Gasteiger charge is 2.32. The molecule has 1 atom stereocenters. The minimum Gasteiger partial charge on any atom is -0.481 e. The normalized spacial score (nSPS) is 25.0. The number of carbonyl (C=O) groups is 1. The Labute approximate surface area is 107 Å². The van der Waals surface area contributed by atoms with E-state index in [1.807, 2.05) is 0 Å². The van der Waals surface area contributed by atoms with E-state index in [1.54, 1.807) is 0 Å². The van der Waals surface area contributed by atoms with Crippen LogP contribution in [0.3, 0.4) is 0 Å². The first-order chi connectivity index (χ1) is 8.74. The van der Waals surface area contributed by atoms with Gasteiger partial charge in [0.05, 0.1) is 5.92 Å². The third-order valence-electron chi connectivity index (χ3n) is 4.35. The van der Waals surface area contributed by atoms with Gasteiger partial charge in [-0.2, -0.15) is 0 Å². The third kappa shape index (κ3) is 2.15. The minimum atomic E-state index is -0.629. The lowest BCUT2D eigenvalue weighted by Crippen LogP contribution is -2.45. The Bertz CT molecular complexity index is 433. The van der Waals surface area contributed by atoms with E-state index in [0.717, 1.165) is 38.8 Å². The van der Waals surface area contributed by atoms with Crippen LogP contribution >= 0.6 is 0 Å². The maximum atomic E-state index is 11.1. The van der Waals surface area contributed by atoms with Crippen LogP contribution in [0, 0.1) is 5.92 Å². The van der Waals surface area contributed by atoms with Crippen molar-refractivity contribution in [2.75, 3.05) is 13.1 Å². The molecule has 18 heavy (non-hydrogen) atoms. The number of nitrogens with zero attached hydrogens (tertiary/aromatic N) is 1. The van der Waals surface area contributed by atoms with Gasteiger partial charge in [0.25, 0.3) is 0 Å². The summed E-state index contributed by atoms with van der Waals surface area (Å²) in [6.45, 7) is 1.79. The molecule has 0 radical (unpaired) electrons. The minimum absolute atomic E-state index is 0.164. The van der Waals surface area contributed by atoms with Gasteiger partial charge in [-0.1, -0.05) is 24.3 Å². The van der Waals surface area contributed by atoms with Crippen LogP contribution in [0.15, 0.2) is 24.3 Å². The lowest BCUT2D eigenvalue weighted by Gasteiger charge is -2.35. The Kier molecular flexibility index (Phi) is 3.08. The molecule has 1 heterocycles. The van der Waals surface area contributed by atoms with E-state index in [9.17, 15) is 4.79 Å². The average molecular weight is 245 g/mol. The fraction of sp³-hybridized carbons (Fsp3) is 0.533. The van der Waals surface area contributed by atoms with Crippen LogP contribution in [0.5, 0.6) is 0 Å². The Balaban J connectivity index is 1.69. The standard InChI is InChI=1S/C15H19NO2/c17-15(18)13-6-3-7-16(10-13)14-8-11-4-1-2-5-12(11)9-14/h1-2,4-5,13-14H,3,6-10H2,(H,17,18)/t13-/m0/s1. The fourth-order valence-corrected chi connectivity index (χ4v) is 3.33. The highest BCUT2D eigenvalue weighted by Crippen LogP contribution is 2.28. The Morgan fingerprint density at radius 3 is 2.50 bits per heavy atom. The van der Waals surface area contributed by atoms with Gasteiger partial charge in [0.1, 0.15) is 0 Å². The van der Waals surface area contributed by atoms with Crippen LogP contribution in [0.4, 0.5) is 0 Å². The number of likely N-dealkylation sites (tertiary alicyclic amines) is 1. The second-order valence-corrected chi connectivity index (χ2v) is 5.50. The monoisotopic (exact) mass is 245 g/mol. The molecule has 1 aliphatic heterocycles. The molecule has 3 rings (SSSR count). The number of aliphatic carboxylic acids is 1. The summed E-state index contributed by atoms with van der Waals surface area (Å²) in [5.74, 6) is -0.794. The topological polar surface area (TPSA) is 40.5 Å². The summed E-state index contributed by atoms with van der Waals surface area (Å²) in [6.07, 6.45) is 4.03. The van der Waals surface area contributed by atoms with Crippen LogP contribution in [-0.4, -0.2) is 35.1 Å². The number of rotatable bonds is 2. The van der Waals surface area contributed by atoms with E-state index >= 15 is 0 Å². The SMILES string of the molecule is O=C(O)[C@H]1CCCN(C2Cc3ccccc3C2)C1. The smallest absolute Gasteiger partial charge is 0.307 e. The van der Waals surface area contributed by atoms with Crippen molar-refractivity contribution in [2.24, 2.45) is 5.92 Å². The predicted octanol–water partition coefficient (Wildman–Crippen LogP) is 1.95. The average Bonchev–Trinajstić information content (AvgIpc) is 2.82. The molecule has 0 saturated carbocycles. The molecule has 0 aromatic heterocycles. The molecule has 1 aromatic rings. The van der Waals surface area contributed by atoms with Crippen LogP contribution in [0.25, 0.3) is 0 Å². The fourth-order valence-electron chi connectivity index (χ4n) is 3.33. The van der Waals surface area contributed by atoms with Crippen molar-refractivity contribution in [3.05, 3.63) is 35.4 Å². The second kappa shape index (κ2) is 4.73. The van der Waals surface area contributed by atoms with Gasteiger partial charge >= 0.3 is 5.97 Å². The van der Waals surface area contributed by atoms with Crippen LogP contribution in [0.2, 0.25) is 0 Å². The molecule has 0 bridgehead atoms. The van der Waals surface area contributed by atoms with Crippen molar-refractivity contribution in [2.45, 2.75) is 31.7 Å². The van der Waals surface area contributed by atoms with Crippen LogP contribution < -0.4 is 0 Å². The van der Waals surface area contributed by atoms with Gasteiger partial charge in [0.15, 0.2) is 0 Å². The number of carboxylic acids is 1. The molecular formula is C15H19NO2. The molecule has 1 N–H and O–H groups in total. The Morgan fingerprint density at radius 1 is 1.22 bits per heavy atom. The Morgan fingerprint density at radius 2 is 1.89 bits per heavy atom. The molecule has 2 aliphatic rings. The van der Waals surface area contributed by atoms with Crippen molar-refractivity contribution in [1.82, 2.24) is 4.90 Å². The van der Waals surface area contributed by atoms with E-state index in [-0.39, 0.29) is 5.92 Å². The Hall–Kier alpha value is -1.35. The summed E-state index contributed by atoms with van der Waals surface area (Å²) in [6, 6.07) is 9.11. The van der Waals surface area contributed by atoms with Gasteiger partial charge in [0.2, 0.25) is 0 Å². The van der Waals surface area contributed by atoms with Crippen molar-refractivity contribution in [3.8, 4) is 0 Å². The number of piperidine rings is 1. The van der Waals surface area contributed by atoms with Gasteiger partial charge in [-0.05, 0) is 43.4 Å². The summed E-state index contributed by atoms with van der Waals surface area (Å²) in [4.78, 5) is 13.5. The first-order valence-electron chi connectivity index (χ1n) is 6.77. The molecule has 0 spiro atoms. The first kappa shape index (κ1) is 11.7. The molecule has 0 unspecified atom stereocenters. The van der Waals surface area contributed by atoms with E-state index < -0.39 is 5.97 Å². The summed E-state index contributed by atoms with van der Waals surface area (Å²) < 4.78 is 0. The molecule has 0 amide bonds. The van der Waals surface area contributed by atoms with E-state index in [1.165, 1.54) is 11.1 Å². The number of hydrogen-bond donors (Lipinski definition) is 1. The third-order valence-corrected chi connectivity index (χ3v) is 4.35. The van der Waals surface area contributed by atoms with Gasteiger partial charge in [0, 0.05) is 12.6 Å². The summed E-state index contributed by atoms with van der Waals surface area (Å²) in [7, 11) is 0. The zero-order chi connectivity index (χ0) is 12.5. The molecule has 3 nitrogen and oxygen atoms in total. The van der Waals surface area contributed by atoms with Crippen molar-refractivity contribution >= 4 is 5.97 Å². The number of benzene rings is 1. The molecule has 1 saturated heterocycles.